The van der Waals surface area contributed by atoms with Gasteiger partial charge in [0, 0.05) is 68.9 Å². The fraction of sp³-hybridized carbons (Fsp3) is 0. The SMILES string of the molecule is c1ccc(N(c2ccccc2)c2ccc3c(c2)Oc2cc4c(c5c2B3c2ccc(N(c3ccccc3)c3ccccc3)cc2O5)c2ccc(-c3cccc5ccccc35)cc2n4-c2ccccc2)cc1. The van der Waals surface area contributed by atoms with Crippen molar-refractivity contribution in [2.75, 3.05) is 9.80 Å². The third-order valence-corrected chi connectivity index (χ3v) is 14.0. The van der Waals surface area contributed by atoms with Crippen LogP contribution in [0.5, 0.6) is 23.0 Å². The van der Waals surface area contributed by atoms with Crippen LogP contribution in [0.15, 0.2) is 255 Å². The molecule has 2 aliphatic heterocycles. The first-order valence-electron chi connectivity index (χ1n) is 23.9. The van der Waals surface area contributed by atoms with Crippen LogP contribution in [0.3, 0.4) is 0 Å². The number of anilines is 6. The van der Waals surface area contributed by atoms with Crippen LogP contribution >= 0.6 is 0 Å². The molecule has 6 heteroatoms. The molecule has 1 aromatic heterocycles. The summed E-state index contributed by atoms with van der Waals surface area (Å²) in [6.45, 7) is -0.182. The molecule has 5 nitrogen and oxygen atoms in total. The molecule has 2 aliphatic rings. The maximum Gasteiger partial charge on any atom is 0.260 e. The number of aromatic nitrogens is 1. The Morgan fingerprint density at radius 1 is 0.357 bits per heavy atom. The molecule has 0 bridgehead atoms. The third-order valence-electron chi connectivity index (χ3n) is 14.0. The number of hydrogen-bond donors (Lipinski definition) is 0. The Hall–Kier alpha value is -9.26. The molecular weight excluding hydrogens is 854 g/mol. The second-order valence-electron chi connectivity index (χ2n) is 18.0. The Labute approximate surface area is 406 Å². The summed E-state index contributed by atoms with van der Waals surface area (Å²) in [6, 6.07) is 90.7. The van der Waals surface area contributed by atoms with Gasteiger partial charge in [-0.15, -0.1) is 0 Å². The smallest absolute Gasteiger partial charge is 0.260 e. The molecular formula is C64H42BN3O2. The van der Waals surface area contributed by atoms with Gasteiger partial charge in [0.25, 0.3) is 6.71 Å². The summed E-state index contributed by atoms with van der Waals surface area (Å²) in [6.07, 6.45) is 0. The minimum Gasteiger partial charge on any atom is -0.458 e. The molecule has 0 saturated heterocycles. The summed E-state index contributed by atoms with van der Waals surface area (Å²) in [4.78, 5) is 4.59. The van der Waals surface area contributed by atoms with Crippen LogP contribution in [0.2, 0.25) is 0 Å². The fourth-order valence-electron chi connectivity index (χ4n) is 11.0. The first-order chi connectivity index (χ1) is 34.7. The molecule has 0 saturated carbocycles. The molecule has 0 fully saturated rings. The maximum absolute atomic E-state index is 7.49. The maximum atomic E-state index is 7.49. The molecule has 0 atom stereocenters. The lowest BCUT2D eigenvalue weighted by molar-refractivity contribution is 0.468. The number of para-hydroxylation sites is 5. The highest BCUT2D eigenvalue weighted by Crippen LogP contribution is 2.48. The molecule has 0 radical (unpaired) electrons. The average Bonchev–Trinajstić information content (AvgIpc) is 3.75. The van der Waals surface area contributed by atoms with Crippen molar-refractivity contribution >= 4 is 89.8 Å². The lowest BCUT2D eigenvalue weighted by atomic mass is 9.34. The fourth-order valence-corrected chi connectivity index (χ4v) is 11.0. The van der Waals surface area contributed by atoms with Gasteiger partial charge in [-0.2, -0.15) is 0 Å². The Balaban J connectivity index is 1.03. The molecule has 3 heterocycles. The van der Waals surface area contributed by atoms with E-state index in [2.05, 4.69) is 269 Å². The Bertz CT molecular complexity index is 3860. The van der Waals surface area contributed by atoms with Gasteiger partial charge in [-0.25, -0.2) is 0 Å². The van der Waals surface area contributed by atoms with Gasteiger partial charge < -0.3 is 23.8 Å². The molecule has 0 N–H and O–H groups in total. The van der Waals surface area contributed by atoms with E-state index in [1.165, 1.54) is 16.3 Å². The first kappa shape index (κ1) is 39.9. The summed E-state index contributed by atoms with van der Waals surface area (Å²) >= 11 is 0. The van der Waals surface area contributed by atoms with Crippen molar-refractivity contribution in [2.45, 2.75) is 0 Å². The summed E-state index contributed by atoms with van der Waals surface area (Å²) in [7, 11) is 0. The molecule has 0 unspecified atom stereocenters. The Kier molecular flexibility index (Phi) is 9.24. The molecule has 0 amide bonds. The number of ether oxygens (including phenoxy) is 2. The monoisotopic (exact) mass is 895 g/mol. The number of fused-ring (bicyclic) bond motifs is 9. The highest BCUT2D eigenvalue weighted by Gasteiger charge is 2.42. The second-order valence-corrected chi connectivity index (χ2v) is 18.0. The van der Waals surface area contributed by atoms with Crippen molar-refractivity contribution in [2.24, 2.45) is 0 Å². The number of hydrogen-bond acceptors (Lipinski definition) is 4. The van der Waals surface area contributed by atoms with E-state index >= 15 is 0 Å². The first-order valence-corrected chi connectivity index (χ1v) is 23.9. The zero-order chi connectivity index (χ0) is 46.1. The van der Waals surface area contributed by atoms with Crippen molar-refractivity contribution in [3.05, 3.63) is 255 Å². The van der Waals surface area contributed by atoms with Crippen LogP contribution in [-0.2, 0) is 0 Å². The zero-order valence-electron chi connectivity index (χ0n) is 38.0. The molecule has 70 heavy (non-hydrogen) atoms. The summed E-state index contributed by atoms with van der Waals surface area (Å²) < 4.78 is 17.2. The van der Waals surface area contributed by atoms with Gasteiger partial charge in [-0.1, -0.05) is 158 Å². The standard InChI is InChI=1S/C64H42BN3O2/c1-6-21-45(22-7-1)66(46-23-8-2-9-24-46)50-34-37-55-59(40-50)69-61-42-58-62(54-36-33-44(39-57(54)68(58)49-29-14-5-15-30-49)53-32-18-20-43-19-16-17-31-52(43)53)64-63(61)65(55)56-38-35-51(41-60(56)70-64)67(47-25-10-3-11-26-47)48-27-12-4-13-28-48/h1-42H. The van der Waals surface area contributed by atoms with Crippen LogP contribution in [0.1, 0.15) is 0 Å². The molecule has 14 rings (SSSR count). The lowest BCUT2D eigenvalue weighted by Gasteiger charge is -2.35. The Morgan fingerprint density at radius 3 is 1.46 bits per heavy atom. The Morgan fingerprint density at radius 2 is 0.871 bits per heavy atom. The second kappa shape index (κ2) is 16.2. The highest BCUT2D eigenvalue weighted by atomic mass is 16.5. The predicted molar refractivity (Wildman–Crippen MR) is 291 cm³/mol. The number of nitrogens with zero attached hydrogens (tertiary/aromatic N) is 3. The van der Waals surface area contributed by atoms with Crippen molar-refractivity contribution in [1.29, 1.82) is 0 Å². The van der Waals surface area contributed by atoms with E-state index in [1.54, 1.807) is 0 Å². The summed E-state index contributed by atoms with van der Waals surface area (Å²) in [5, 5.41) is 4.59. The van der Waals surface area contributed by atoms with Crippen molar-refractivity contribution < 1.29 is 9.47 Å². The van der Waals surface area contributed by atoms with Gasteiger partial charge in [0.15, 0.2) is 0 Å². The lowest BCUT2D eigenvalue weighted by Crippen LogP contribution is -2.57. The highest BCUT2D eigenvalue weighted by molar-refractivity contribution is 6.98. The van der Waals surface area contributed by atoms with Crippen LogP contribution in [0, 0.1) is 0 Å². The van der Waals surface area contributed by atoms with E-state index in [1.807, 2.05) is 0 Å². The molecule has 0 spiro atoms. The van der Waals surface area contributed by atoms with Crippen molar-refractivity contribution in [3.63, 3.8) is 0 Å². The largest absolute Gasteiger partial charge is 0.458 e. The van der Waals surface area contributed by atoms with Crippen molar-refractivity contribution in [3.8, 4) is 39.8 Å². The van der Waals surface area contributed by atoms with E-state index in [9.17, 15) is 0 Å². The van der Waals surface area contributed by atoms with E-state index in [4.69, 9.17) is 9.47 Å². The topological polar surface area (TPSA) is 29.9 Å². The van der Waals surface area contributed by atoms with Gasteiger partial charge in [-0.3, -0.25) is 0 Å². The minimum absolute atomic E-state index is 0.182. The third kappa shape index (κ3) is 6.41. The van der Waals surface area contributed by atoms with Gasteiger partial charge in [0.05, 0.1) is 16.4 Å². The van der Waals surface area contributed by atoms with E-state index in [-0.39, 0.29) is 6.71 Å². The van der Waals surface area contributed by atoms with Gasteiger partial charge >= 0.3 is 0 Å². The summed E-state index contributed by atoms with van der Waals surface area (Å²) in [5.41, 5.74) is 15.0. The molecule has 0 aliphatic carbocycles. The average molecular weight is 896 g/mol. The van der Waals surface area contributed by atoms with Gasteiger partial charge in [-0.05, 0) is 112 Å². The molecule has 328 valence electrons. The van der Waals surface area contributed by atoms with Gasteiger partial charge in [0.1, 0.15) is 23.0 Å². The van der Waals surface area contributed by atoms with Crippen LogP contribution < -0.4 is 35.7 Å². The number of rotatable bonds is 8. The minimum atomic E-state index is -0.182. The molecule has 11 aromatic carbocycles. The molecule has 12 aromatic rings. The van der Waals surface area contributed by atoms with Crippen LogP contribution in [-0.4, -0.2) is 11.3 Å². The summed E-state index contributed by atoms with van der Waals surface area (Å²) in [5.74, 6) is 3.22. The van der Waals surface area contributed by atoms with E-state index < -0.39 is 0 Å². The van der Waals surface area contributed by atoms with E-state index in [0.717, 1.165) is 107 Å². The van der Waals surface area contributed by atoms with Crippen LogP contribution in [0.25, 0.3) is 49.4 Å². The zero-order valence-corrected chi connectivity index (χ0v) is 38.0. The van der Waals surface area contributed by atoms with Crippen molar-refractivity contribution in [1.82, 2.24) is 4.57 Å². The van der Waals surface area contributed by atoms with Gasteiger partial charge in [0.2, 0.25) is 0 Å². The van der Waals surface area contributed by atoms with Crippen LogP contribution in [0.4, 0.5) is 34.1 Å². The predicted octanol–water partition coefficient (Wildman–Crippen LogP) is 15.3. The number of benzene rings is 11. The quantitative estimate of drug-likeness (QED) is 0.142. The normalized spacial score (nSPS) is 12.2. The van der Waals surface area contributed by atoms with E-state index in [0.29, 0.717) is 0 Å².